The summed E-state index contributed by atoms with van der Waals surface area (Å²) in [5.41, 5.74) is 8.36. The number of benzene rings is 2. The van der Waals surface area contributed by atoms with Crippen molar-refractivity contribution in [2.75, 3.05) is 13.2 Å². The number of halogens is 3. The van der Waals surface area contributed by atoms with Crippen LogP contribution in [-0.4, -0.2) is 41.0 Å². The summed E-state index contributed by atoms with van der Waals surface area (Å²) in [6.07, 6.45) is 4.11. The van der Waals surface area contributed by atoms with E-state index in [4.69, 9.17) is 10.5 Å². The minimum atomic E-state index is -0.580. The molecule has 1 aliphatic heterocycles. The number of hydrogen-bond donors (Lipinski definition) is 2. The molecule has 2 heterocycles. The van der Waals surface area contributed by atoms with E-state index in [0.717, 1.165) is 35.9 Å². The molecule has 3 aromatic rings. The van der Waals surface area contributed by atoms with E-state index >= 15 is 0 Å². The van der Waals surface area contributed by atoms with E-state index in [1.54, 1.807) is 12.1 Å². The molecule has 0 aliphatic carbocycles. The Labute approximate surface area is 192 Å². The second-order valence-corrected chi connectivity index (χ2v) is 8.16. The molecule has 1 aromatic heterocycles. The first-order valence-corrected chi connectivity index (χ1v) is 10.6. The number of nitrogens with two attached hydrogens (primary N) is 1. The number of carbonyl (C=O) groups is 1. The minimum Gasteiger partial charge on any atom is -0.489 e. The number of ether oxygens (including phenoxy) is 1. The van der Waals surface area contributed by atoms with E-state index < -0.39 is 11.7 Å². The topological polar surface area (TPSA) is 71.3 Å². The number of aromatic amines is 1. The van der Waals surface area contributed by atoms with Crippen LogP contribution in [0.15, 0.2) is 36.5 Å². The molecule has 5 nitrogen and oxygen atoms in total. The second-order valence-electron chi connectivity index (χ2n) is 8.16. The molecule has 0 saturated carbocycles. The maximum atomic E-state index is 14.2. The minimum absolute atomic E-state index is 0. The summed E-state index contributed by atoms with van der Waals surface area (Å²) < 4.78 is 33.6. The average Bonchev–Trinajstić information content (AvgIpc) is 3.14. The number of H-pyrrole nitrogens is 1. The SMILES string of the molecule is CCN(C(C)CCc1c[nH]c2ccc(F)cc12)C1COc2c(F)ccc(C(N)=O)c2C1.Cl. The van der Waals surface area contributed by atoms with Crippen molar-refractivity contribution in [2.45, 2.75) is 45.2 Å². The molecule has 172 valence electrons. The Morgan fingerprint density at radius 1 is 1.31 bits per heavy atom. The van der Waals surface area contributed by atoms with Gasteiger partial charge >= 0.3 is 0 Å². The summed E-state index contributed by atoms with van der Waals surface area (Å²) in [6, 6.07) is 7.64. The lowest BCUT2D eigenvalue weighted by Crippen LogP contribution is -2.48. The normalized spacial score (nSPS) is 16.3. The maximum Gasteiger partial charge on any atom is 0.249 e. The predicted molar refractivity (Wildman–Crippen MR) is 124 cm³/mol. The van der Waals surface area contributed by atoms with Crippen LogP contribution in [-0.2, 0) is 12.8 Å². The Morgan fingerprint density at radius 2 is 2.09 bits per heavy atom. The molecule has 1 amide bonds. The first kappa shape index (κ1) is 24.0. The summed E-state index contributed by atoms with van der Waals surface area (Å²) in [7, 11) is 0. The van der Waals surface area contributed by atoms with Gasteiger partial charge in [-0.05, 0) is 68.6 Å². The van der Waals surface area contributed by atoms with Crippen LogP contribution in [0.3, 0.4) is 0 Å². The van der Waals surface area contributed by atoms with Gasteiger partial charge in [-0.15, -0.1) is 12.4 Å². The molecule has 32 heavy (non-hydrogen) atoms. The predicted octanol–water partition coefficient (Wildman–Crippen LogP) is 4.61. The summed E-state index contributed by atoms with van der Waals surface area (Å²) in [5, 5.41) is 0.909. The number of nitrogens with zero attached hydrogens (tertiary/aromatic N) is 1. The van der Waals surface area contributed by atoms with Gasteiger partial charge in [0.25, 0.3) is 0 Å². The van der Waals surface area contributed by atoms with Crippen LogP contribution in [0.5, 0.6) is 5.75 Å². The van der Waals surface area contributed by atoms with Gasteiger partial charge in [0.2, 0.25) is 5.91 Å². The van der Waals surface area contributed by atoms with Gasteiger partial charge in [0, 0.05) is 40.3 Å². The highest BCUT2D eigenvalue weighted by Crippen LogP contribution is 2.33. The van der Waals surface area contributed by atoms with E-state index in [0.29, 0.717) is 24.2 Å². The van der Waals surface area contributed by atoms with Crippen LogP contribution in [0.25, 0.3) is 10.9 Å². The van der Waals surface area contributed by atoms with E-state index in [2.05, 4.69) is 23.7 Å². The number of hydrogen-bond acceptors (Lipinski definition) is 3. The number of fused-ring (bicyclic) bond motifs is 2. The van der Waals surface area contributed by atoms with Crippen LogP contribution < -0.4 is 10.5 Å². The van der Waals surface area contributed by atoms with Crippen molar-refractivity contribution >= 4 is 29.2 Å². The Bertz CT molecular complexity index is 1120. The second kappa shape index (κ2) is 9.88. The maximum absolute atomic E-state index is 14.2. The quantitative estimate of drug-likeness (QED) is 0.537. The van der Waals surface area contributed by atoms with Crippen molar-refractivity contribution in [1.82, 2.24) is 9.88 Å². The fraction of sp³-hybridized carbons (Fsp3) is 0.375. The monoisotopic (exact) mass is 463 g/mol. The molecule has 0 spiro atoms. The molecule has 0 saturated heterocycles. The van der Waals surface area contributed by atoms with Gasteiger partial charge in [-0.2, -0.15) is 0 Å². The highest BCUT2D eigenvalue weighted by molar-refractivity contribution is 5.95. The van der Waals surface area contributed by atoms with Crippen LogP contribution in [0.2, 0.25) is 0 Å². The van der Waals surface area contributed by atoms with Crippen LogP contribution in [0.1, 0.15) is 41.8 Å². The molecule has 1 aliphatic rings. The lowest BCUT2D eigenvalue weighted by molar-refractivity contribution is 0.0842. The Kier molecular flexibility index (Phi) is 7.41. The zero-order valence-corrected chi connectivity index (χ0v) is 19.0. The Balaban J connectivity index is 0.00000289. The zero-order valence-electron chi connectivity index (χ0n) is 18.2. The van der Waals surface area contributed by atoms with E-state index in [9.17, 15) is 13.6 Å². The molecule has 2 atom stereocenters. The molecule has 8 heteroatoms. The van der Waals surface area contributed by atoms with E-state index in [-0.39, 0.29) is 36.1 Å². The van der Waals surface area contributed by atoms with Gasteiger partial charge in [-0.3, -0.25) is 9.69 Å². The summed E-state index contributed by atoms with van der Waals surface area (Å²) in [6.45, 7) is 5.36. The van der Waals surface area contributed by atoms with Gasteiger partial charge in [0.05, 0.1) is 0 Å². The van der Waals surface area contributed by atoms with Gasteiger partial charge in [0.1, 0.15) is 12.4 Å². The molecule has 2 aromatic carbocycles. The van der Waals surface area contributed by atoms with Crippen molar-refractivity contribution < 1.29 is 18.3 Å². The lowest BCUT2D eigenvalue weighted by atomic mass is 9.94. The smallest absolute Gasteiger partial charge is 0.249 e. The molecule has 3 N–H and O–H groups in total. The fourth-order valence-corrected chi connectivity index (χ4v) is 4.69. The molecule has 0 radical (unpaired) electrons. The van der Waals surface area contributed by atoms with E-state index in [1.807, 2.05) is 6.20 Å². The largest absolute Gasteiger partial charge is 0.489 e. The third-order valence-electron chi connectivity index (χ3n) is 6.30. The number of amides is 1. The number of rotatable bonds is 7. The average molecular weight is 464 g/mol. The van der Waals surface area contributed by atoms with Gasteiger partial charge in [-0.25, -0.2) is 8.78 Å². The van der Waals surface area contributed by atoms with E-state index in [1.165, 1.54) is 18.2 Å². The van der Waals surface area contributed by atoms with Crippen LogP contribution >= 0.6 is 12.4 Å². The summed E-state index contributed by atoms with van der Waals surface area (Å²) in [4.78, 5) is 17.3. The lowest BCUT2D eigenvalue weighted by Gasteiger charge is -2.38. The highest BCUT2D eigenvalue weighted by Gasteiger charge is 2.31. The molecule has 4 rings (SSSR count). The van der Waals surface area contributed by atoms with Crippen molar-refractivity contribution in [2.24, 2.45) is 5.73 Å². The molecular formula is C24H28ClF2N3O2. The van der Waals surface area contributed by atoms with Gasteiger partial charge in [-0.1, -0.05) is 6.92 Å². The van der Waals surface area contributed by atoms with Crippen molar-refractivity contribution in [3.8, 4) is 5.75 Å². The molecule has 0 bridgehead atoms. The number of primary amides is 1. The zero-order chi connectivity index (χ0) is 22.1. The Hall–Kier alpha value is -2.64. The van der Waals surface area contributed by atoms with Gasteiger partial charge < -0.3 is 15.5 Å². The van der Waals surface area contributed by atoms with Crippen molar-refractivity contribution in [3.05, 3.63) is 64.9 Å². The first-order valence-electron chi connectivity index (χ1n) is 10.6. The van der Waals surface area contributed by atoms with Crippen LogP contribution in [0.4, 0.5) is 8.78 Å². The van der Waals surface area contributed by atoms with Crippen molar-refractivity contribution in [3.63, 3.8) is 0 Å². The number of aromatic nitrogens is 1. The highest BCUT2D eigenvalue weighted by atomic mass is 35.5. The third kappa shape index (κ3) is 4.59. The molecule has 2 unspecified atom stereocenters. The fourth-order valence-electron chi connectivity index (χ4n) is 4.69. The van der Waals surface area contributed by atoms with Crippen LogP contribution in [0, 0.1) is 11.6 Å². The number of carbonyl (C=O) groups excluding carboxylic acids is 1. The summed E-state index contributed by atoms with van der Waals surface area (Å²) >= 11 is 0. The number of nitrogens with one attached hydrogen (secondary N) is 1. The summed E-state index contributed by atoms with van der Waals surface area (Å²) in [5.74, 6) is -1.16. The molecular weight excluding hydrogens is 436 g/mol. The third-order valence-corrected chi connectivity index (χ3v) is 6.30. The number of aryl methyl sites for hydroxylation is 1. The standard InChI is InChI=1S/C24H27F2N3O2.ClH/c1-3-29(14(2)4-5-15-12-28-22-9-6-16(25)10-19(15)22)17-11-20-18(24(27)30)7-8-21(26)23(20)31-13-17;/h6-10,12,14,17,28H,3-5,11,13H2,1-2H3,(H2,27,30);1H. The Morgan fingerprint density at radius 3 is 2.81 bits per heavy atom. The van der Waals surface area contributed by atoms with Gasteiger partial charge in [0.15, 0.2) is 11.6 Å². The molecule has 0 fully saturated rings. The first-order chi connectivity index (χ1) is 14.9. The number of likely N-dealkylation sites (N-methyl/N-ethyl adjacent to an activating group) is 1. The van der Waals surface area contributed by atoms with Crippen molar-refractivity contribution in [1.29, 1.82) is 0 Å².